The van der Waals surface area contributed by atoms with Crippen molar-refractivity contribution in [1.82, 2.24) is 4.98 Å². The quantitative estimate of drug-likeness (QED) is 0.739. The van der Waals surface area contributed by atoms with Gasteiger partial charge in [0.1, 0.15) is 5.69 Å². The van der Waals surface area contributed by atoms with E-state index >= 15 is 0 Å². The number of aromatic nitrogens is 1. The summed E-state index contributed by atoms with van der Waals surface area (Å²) in [5.74, 6) is -1.94. The second-order valence-corrected chi connectivity index (χ2v) is 3.56. The van der Waals surface area contributed by atoms with Crippen LogP contribution in [0.1, 0.15) is 22.5 Å². The first-order chi connectivity index (χ1) is 8.50. The Morgan fingerprint density at radius 1 is 1.05 bits per heavy atom. The standard InChI is InChI=1S/C10H5F7N2/c1-4-5(2-3-18)6(11)8(10(15,16)17)19-7(4)9(12,13)14/h2H2,1H3. The molecule has 0 aliphatic rings. The summed E-state index contributed by atoms with van der Waals surface area (Å²) in [6, 6.07) is 1.32. The summed E-state index contributed by atoms with van der Waals surface area (Å²) in [6.07, 6.45) is -11.4. The lowest BCUT2D eigenvalue weighted by Gasteiger charge is -2.16. The molecule has 0 radical (unpaired) electrons. The average molecular weight is 286 g/mol. The Morgan fingerprint density at radius 2 is 1.53 bits per heavy atom. The molecule has 0 spiro atoms. The highest BCUT2D eigenvalue weighted by Gasteiger charge is 2.43. The fourth-order valence-electron chi connectivity index (χ4n) is 1.45. The van der Waals surface area contributed by atoms with Gasteiger partial charge >= 0.3 is 12.4 Å². The maximum atomic E-state index is 13.5. The molecular formula is C10H5F7N2. The maximum Gasteiger partial charge on any atom is 0.436 e. The molecule has 0 bridgehead atoms. The summed E-state index contributed by atoms with van der Waals surface area (Å²) in [6.45, 7) is 0.770. The Kier molecular flexibility index (Phi) is 3.74. The van der Waals surface area contributed by atoms with Crippen molar-refractivity contribution in [3.8, 4) is 6.07 Å². The first-order valence-electron chi connectivity index (χ1n) is 4.70. The van der Waals surface area contributed by atoms with Gasteiger partial charge in [0.25, 0.3) is 0 Å². The van der Waals surface area contributed by atoms with Crippen LogP contribution in [0.25, 0.3) is 0 Å². The Morgan fingerprint density at radius 3 is 1.89 bits per heavy atom. The molecule has 1 aromatic rings. The second kappa shape index (κ2) is 4.68. The van der Waals surface area contributed by atoms with Gasteiger partial charge in [0, 0.05) is 5.56 Å². The molecule has 1 aromatic heterocycles. The van der Waals surface area contributed by atoms with Gasteiger partial charge in [-0.15, -0.1) is 0 Å². The molecule has 0 aromatic carbocycles. The average Bonchev–Trinajstić information content (AvgIpc) is 2.20. The van der Waals surface area contributed by atoms with Crippen LogP contribution in [0.2, 0.25) is 0 Å². The third-order valence-electron chi connectivity index (χ3n) is 2.30. The third kappa shape index (κ3) is 2.94. The van der Waals surface area contributed by atoms with E-state index in [9.17, 15) is 30.7 Å². The zero-order valence-corrected chi connectivity index (χ0v) is 9.25. The van der Waals surface area contributed by atoms with Crippen LogP contribution in [0.3, 0.4) is 0 Å². The highest BCUT2D eigenvalue weighted by Crippen LogP contribution is 2.38. The minimum Gasteiger partial charge on any atom is -0.236 e. The van der Waals surface area contributed by atoms with Crippen LogP contribution in [0.4, 0.5) is 30.7 Å². The van der Waals surface area contributed by atoms with Crippen LogP contribution >= 0.6 is 0 Å². The number of hydrogen-bond acceptors (Lipinski definition) is 2. The minimum absolute atomic E-state index is 0.770. The van der Waals surface area contributed by atoms with Gasteiger partial charge in [-0.05, 0) is 12.5 Å². The molecule has 1 rings (SSSR count). The van der Waals surface area contributed by atoms with Crippen molar-refractivity contribution in [2.75, 3.05) is 0 Å². The molecule has 0 aliphatic heterocycles. The van der Waals surface area contributed by atoms with Crippen LogP contribution in [-0.4, -0.2) is 4.98 Å². The van der Waals surface area contributed by atoms with Gasteiger partial charge in [0.15, 0.2) is 11.5 Å². The Hall–Kier alpha value is -1.85. The first kappa shape index (κ1) is 15.2. The van der Waals surface area contributed by atoms with E-state index in [1.807, 2.05) is 0 Å². The Bertz CT molecular complexity index is 499. The number of alkyl halides is 6. The van der Waals surface area contributed by atoms with Crippen LogP contribution in [-0.2, 0) is 18.8 Å². The molecule has 0 unspecified atom stereocenters. The van der Waals surface area contributed by atoms with Crippen molar-refractivity contribution in [2.45, 2.75) is 25.7 Å². The normalized spacial score (nSPS) is 12.4. The van der Waals surface area contributed by atoms with Crippen LogP contribution in [0.5, 0.6) is 0 Å². The predicted octanol–water partition coefficient (Wildman–Crippen LogP) is 3.63. The van der Waals surface area contributed by atoms with Crippen molar-refractivity contribution in [2.24, 2.45) is 0 Å². The summed E-state index contributed by atoms with van der Waals surface area (Å²) in [4.78, 5) is 2.32. The van der Waals surface area contributed by atoms with Crippen LogP contribution < -0.4 is 0 Å². The minimum atomic E-state index is -5.37. The summed E-state index contributed by atoms with van der Waals surface area (Å²) in [5.41, 5.74) is -5.88. The Labute approximate surface area is 102 Å². The molecule has 104 valence electrons. The molecule has 0 aliphatic carbocycles. The monoisotopic (exact) mass is 286 g/mol. The third-order valence-corrected chi connectivity index (χ3v) is 2.30. The molecule has 2 nitrogen and oxygen atoms in total. The lowest BCUT2D eigenvalue weighted by atomic mass is 10.0. The molecule has 0 saturated carbocycles. The van der Waals surface area contributed by atoms with Gasteiger partial charge in [-0.2, -0.15) is 31.6 Å². The maximum absolute atomic E-state index is 13.5. The SMILES string of the molecule is Cc1c(C(F)(F)F)nc(C(F)(F)F)c(F)c1CC#N. The molecule has 1 heterocycles. The number of rotatable bonds is 1. The summed E-state index contributed by atoms with van der Waals surface area (Å²) < 4.78 is 88.3. The molecule has 0 fully saturated rings. The zero-order valence-electron chi connectivity index (χ0n) is 9.25. The summed E-state index contributed by atoms with van der Waals surface area (Å²) in [5, 5.41) is 8.36. The first-order valence-corrected chi connectivity index (χ1v) is 4.70. The van der Waals surface area contributed by atoms with E-state index in [0.717, 1.165) is 6.92 Å². The van der Waals surface area contributed by atoms with Crippen molar-refractivity contribution in [1.29, 1.82) is 5.26 Å². The smallest absolute Gasteiger partial charge is 0.236 e. The topological polar surface area (TPSA) is 36.7 Å². The number of pyridine rings is 1. The van der Waals surface area contributed by atoms with E-state index in [4.69, 9.17) is 5.26 Å². The molecule has 0 saturated heterocycles. The van der Waals surface area contributed by atoms with Gasteiger partial charge in [-0.1, -0.05) is 0 Å². The lowest BCUT2D eigenvalue weighted by molar-refractivity contribution is -0.152. The molecular weight excluding hydrogens is 281 g/mol. The van der Waals surface area contributed by atoms with Gasteiger partial charge in [0.2, 0.25) is 0 Å². The number of halogens is 7. The summed E-state index contributed by atoms with van der Waals surface area (Å²) >= 11 is 0. The zero-order chi connectivity index (χ0) is 15.0. The van der Waals surface area contributed by atoms with Crippen molar-refractivity contribution in [3.63, 3.8) is 0 Å². The van der Waals surface area contributed by atoms with Gasteiger partial charge in [-0.25, -0.2) is 9.37 Å². The van der Waals surface area contributed by atoms with Gasteiger partial charge in [-0.3, -0.25) is 0 Å². The van der Waals surface area contributed by atoms with Crippen molar-refractivity contribution in [3.05, 3.63) is 28.3 Å². The van der Waals surface area contributed by atoms with Crippen molar-refractivity contribution < 1.29 is 30.7 Å². The molecule has 19 heavy (non-hydrogen) atoms. The van der Waals surface area contributed by atoms with E-state index in [1.54, 1.807) is 0 Å². The van der Waals surface area contributed by atoms with Gasteiger partial charge < -0.3 is 0 Å². The molecule has 9 heteroatoms. The van der Waals surface area contributed by atoms with Crippen molar-refractivity contribution >= 4 is 0 Å². The Balaban J connectivity index is 3.71. The molecule has 0 atom stereocenters. The van der Waals surface area contributed by atoms with E-state index < -0.39 is 47.1 Å². The predicted molar refractivity (Wildman–Crippen MR) is 48.3 cm³/mol. The summed E-state index contributed by atoms with van der Waals surface area (Å²) in [7, 11) is 0. The van der Waals surface area contributed by atoms with Gasteiger partial charge in [0.05, 0.1) is 12.5 Å². The van der Waals surface area contributed by atoms with Crippen LogP contribution in [0.15, 0.2) is 0 Å². The highest BCUT2D eigenvalue weighted by atomic mass is 19.4. The molecule has 0 N–H and O–H groups in total. The number of nitriles is 1. The van der Waals surface area contributed by atoms with E-state index in [1.165, 1.54) is 6.07 Å². The molecule has 0 amide bonds. The fourth-order valence-corrected chi connectivity index (χ4v) is 1.45. The largest absolute Gasteiger partial charge is 0.436 e. The lowest BCUT2D eigenvalue weighted by Crippen LogP contribution is -2.21. The van der Waals surface area contributed by atoms with E-state index in [2.05, 4.69) is 4.98 Å². The number of nitrogens with zero attached hydrogens (tertiary/aromatic N) is 2. The second-order valence-electron chi connectivity index (χ2n) is 3.56. The number of hydrogen-bond donors (Lipinski definition) is 0. The fraction of sp³-hybridized carbons (Fsp3) is 0.400. The van der Waals surface area contributed by atoms with E-state index in [-0.39, 0.29) is 0 Å². The highest BCUT2D eigenvalue weighted by molar-refractivity contribution is 5.37. The van der Waals surface area contributed by atoms with E-state index in [0.29, 0.717) is 0 Å². The van der Waals surface area contributed by atoms with Crippen LogP contribution in [0, 0.1) is 24.1 Å².